The first-order valence-corrected chi connectivity index (χ1v) is 7.45. The van der Waals surface area contributed by atoms with Crippen LogP contribution in [0.2, 0.25) is 0 Å². The predicted molar refractivity (Wildman–Crippen MR) is 80.8 cm³/mol. The maximum absolute atomic E-state index is 13.1. The van der Waals surface area contributed by atoms with Crippen molar-refractivity contribution in [3.63, 3.8) is 0 Å². The third-order valence-electron chi connectivity index (χ3n) is 3.04. The zero-order chi connectivity index (χ0) is 14.5. The van der Waals surface area contributed by atoms with Crippen molar-refractivity contribution in [1.29, 1.82) is 0 Å². The monoisotopic (exact) mass is 291 g/mol. The fourth-order valence-corrected chi connectivity index (χ4v) is 2.92. The van der Waals surface area contributed by atoms with E-state index >= 15 is 0 Å². The number of hydrogen-bond acceptors (Lipinski definition) is 3. The molecule has 1 aromatic heterocycles. The molecule has 1 aromatic carbocycles. The lowest BCUT2D eigenvalue weighted by Gasteiger charge is -2.15. The average Bonchev–Trinajstić information content (AvgIpc) is 2.87. The molecule has 0 fully saturated rings. The van der Waals surface area contributed by atoms with E-state index < -0.39 is 0 Å². The van der Waals surface area contributed by atoms with Gasteiger partial charge < -0.3 is 0 Å². The van der Waals surface area contributed by atoms with Crippen LogP contribution in [0.3, 0.4) is 0 Å². The molecule has 0 bridgehead atoms. The number of likely N-dealkylation sites (N-methyl/N-ethyl adjacent to an activating group) is 1. The molecule has 0 aliphatic carbocycles. The SMILES string of the molecule is CCc1ccc(C(=O)CN(C)Cc2cccc(F)c2)s1. The van der Waals surface area contributed by atoms with Gasteiger partial charge in [0.2, 0.25) is 0 Å². The summed E-state index contributed by atoms with van der Waals surface area (Å²) in [7, 11) is 1.87. The van der Waals surface area contributed by atoms with Crippen molar-refractivity contribution < 1.29 is 9.18 Å². The van der Waals surface area contributed by atoms with Crippen LogP contribution in [0, 0.1) is 5.82 Å². The molecule has 0 spiro atoms. The number of ketones is 1. The summed E-state index contributed by atoms with van der Waals surface area (Å²) in [6.07, 6.45) is 0.955. The van der Waals surface area contributed by atoms with Crippen molar-refractivity contribution in [2.24, 2.45) is 0 Å². The largest absolute Gasteiger partial charge is 0.295 e. The molecule has 0 amide bonds. The number of carbonyl (C=O) groups is 1. The van der Waals surface area contributed by atoms with Gasteiger partial charge in [-0.05, 0) is 43.3 Å². The van der Waals surface area contributed by atoms with Gasteiger partial charge in [0, 0.05) is 11.4 Å². The molecule has 0 aliphatic rings. The van der Waals surface area contributed by atoms with Gasteiger partial charge in [-0.15, -0.1) is 11.3 Å². The van der Waals surface area contributed by atoms with Gasteiger partial charge in [0.15, 0.2) is 5.78 Å². The lowest BCUT2D eigenvalue weighted by Crippen LogP contribution is -2.25. The number of halogens is 1. The van der Waals surface area contributed by atoms with E-state index in [0.29, 0.717) is 13.1 Å². The molecular weight excluding hydrogens is 273 g/mol. The molecule has 2 rings (SSSR count). The zero-order valence-electron chi connectivity index (χ0n) is 11.7. The molecule has 0 radical (unpaired) electrons. The number of hydrogen-bond donors (Lipinski definition) is 0. The van der Waals surface area contributed by atoms with Crippen LogP contribution in [0.25, 0.3) is 0 Å². The Morgan fingerprint density at radius 1 is 1.30 bits per heavy atom. The summed E-state index contributed by atoms with van der Waals surface area (Å²) in [6.45, 7) is 2.99. The Morgan fingerprint density at radius 2 is 2.10 bits per heavy atom. The first kappa shape index (κ1) is 14.9. The number of Topliss-reactive ketones (excluding diaryl/α,β-unsaturated/α-hetero) is 1. The first-order chi connectivity index (χ1) is 9.58. The van der Waals surface area contributed by atoms with Gasteiger partial charge >= 0.3 is 0 Å². The topological polar surface area (TPSA) is 20.3 Å². The van der Waals surface area contributed by atoms with Gasteiger partial charge in [0.1, 0.15) is 5.82 Å². The Kier molecular flexibility index (Phi) is 5.04. The van der Waals surface area contributed by atoms with Crippen molar-refractivity contribution in [2.75, 3.05) is 13.6 Å². The van der Waals surface area contributed by atoms with Crippen molar-refractivity contribution in [3.05, 3.63) is 57.5 Å². The highest BCUT2D eigenvalue weighted by molar-refractivity contribution is 7.14. The van der Waals surface area contributed by atoms with E-state index in [1.807, 2.05) is 30.1 Å². The second-order valence-electron chi connectivity index (χ2n) is 4.84. The van der Waals surface area contributed by atoms with Crippen LogP contribution in [0.15, 0.2) is 36.4 Å². The van der Waals surface area contributed by atoms with E-state index in [0.717, 1.165) is 16.9 Å². The van der Waals surface area contributed by atoms with E-state index in [1.54, 1.807) is 17.4 Å². The lowest BCUT2D eigenvalue weighted by atomic mass is 10.2. The van der Waals surface area contributed by atoms with Crippen molar-refractivity contribution in [2.45, 2.75) is 19.9 Å². The number of thiophene rings is 1. The van der Waals surface area contributed by atoms with Gasteiger partial charge in [-0.25, -0.2) is 4.39 Å². The van der Waals surface area contributed by atoms with Gasteiger partial charge in [0.05, 0.1) is 11.4 Å². The minimum atomic E-state index is -0.243. The Labute approximate surface area is 122 Å². The number of carbonyl (C=O) groups excluding carboxylic acids is 1. The molecular formula is C16H18FNOS. The minimum Gasteiger partial charge on any atom is -0.295 e. The molecule has 0 N–H and O–H groups in total. The average molecular weight is 291 g/mol. The summed E-state index contributed by atoms with van der Waals surface area (Å²) in [5.41, 5.74) is 0.876. The van der Waals surface area contributed by atoms with Crippen LogP contribution < -0.4 is 0 Å². The Hall–Kier alpha value is -1.52. The second kappa shape index (κ2) is 6.77. The van der Waals surface area contributed by atoms with Crippen LogP contribution in [-0.2, 0) is 13.0 Å². The number of nitrogens with zero attached hydrogens (tertiary/aromatic N) is 1. The van der Waals surface area contributed by atoms with E-state index in [4.69, 9.17) is 0 Å². The molecule has 20 heavy (non-hydrogen) atoms. The van der Waals surface area contributed by atoms with Gasteiger partial charge in [0.25, 0.3) is 0 Å². The van der Waals surface area contributed by atoms with Gasteiger partial charge in [-0.2, -0.15) is 0 Å². The highest BCUT2D eigenvalue weighted by atomic mass is 32.1. The predicted octanol–water partition coefficient (Wildman–Crippen LogP) is 3.76. The molecule has 4 heteroatoms. The summed E-state index contributed by atoms with van der Waals surface area (Å²) < 4.78 is 13.1. The molecule has 2 aromatic rings. The molecule has 0 saturated heterocycles. The summed E-state index contributed by atoms with van der Waals surface area (Å²) in [5.74, 6) is -0.123. The van der Waals surface area contributed by atoms with Crippen molar-refractivity contribution >= 4 is 17.1 Å². The van der Waals surface area contributed by atoms with Crippen molar-refractivity contribution in [1.82, 2.24) is 4.90 Å². The van der Waals surface area contributed by atoms with E-state index in [9.17, 15) is 9.18 Å². The van der Waals surface area contributed by atoms with Gasteiger partial charge in [-0.1, -0.05) is 19.1 Å². The molecule has 0 aliphatic heterocycles. The summed E-state index contributed by atoms with van der Waals surface area (Å²) in [4.78, 5) is 16.1. The first-order valence-electron chi connectivity index (χ1n) is 6.63. The third kappa shape index (κ3) is 3.99. The van der Waals surface area contributed by atoms with Crippen LogP contribution >= 0.6 is 11.3 Å². The molecule has 106 valence electrons. The number of benzene rings is 1. The Morgan fingerprint density at radius 3 is 2.75 bits per heavy atom. The molecule has 1 heterocycles. The number of aryl methyl sites for hydroxylation is 1. The smallest absolute Gasteiger partial charge is 0.186 e. The highest BCUT2D eigenvalue weighted by Crippen LogP contribution is 2.18. The van der Waals surface area contributed by atoms with E-state index in [1.165, 1.54) is 17.0 Å². The Bertz CT molecular complexity index is 594. The normalized spacial score (nSPS) is 11.0. The second-order valence-corrected chi connectivity index (χ2v) is 6.01. The maximum atomic E-state index is 13.1. The molecule has 0 unspecified atom stereocenters. The maximum Gasteiger partial charge on any atom is 0.186 e. The van der Waals surface area contributed by atoms with Crippen molar-refractivity contribution in [3.8, 4) is 0 Å². The zero-order valence-corrected chi connectivity index (χ0v) is 12.5. The summed E-state index contributed by atoms with van der Waals surface area (Å²) >= 11 is 1.56. The minimum absolute atomic E-state index is 0.119. The standard InChI is InChI=1S/C16H18FNOS/c1-3-14-7-8-16(20-14)15(19)11-18(2)10-12-5-4-6-13(17)9-12/h4-9H,3,10-11H2,1-2H3. The van der Waals surface area contributed by atoms with Gasteiger partial charge in [-0.3, -0.25) is 9.69 Å². The highest BCUT2D eigenvalue weighted by Gasteiger charge is 2.12. The molecule has 2 nitrogen and oxygen atoms in total. The van der Waals surface area contributed by atoms with Crippen LogP contribution in [0.5, 0.6) is 0 Å². The van der Waals surface area contributed by atoms with E-state index in [2.05, 4.69) is 6.92 Å². The molecule has 0 saturated carbocycles. The van der Waals surface area contributed by atoms with Crippen LogP contribution in [0.4, 0.5) is 4.39 Å². The number of rotatable bonds is 6. The van der Waals surface area contributed by atoms with Crippen LogP contribution in [0.1, 0.15) is 27.0 Å². The fraction of sp³-hybridized carbons (Fsp3) is 0.312. The Balaban J connectivity index is 1.94. The quantitative estimate of drug-likeness (QED) is 0.755. The third-order valence-corrected chi connectivity index (χ3v) is 4.31. The summed E-state index contributed by atoms with van der Waals surface area (Å²) in [5, 5.41) is 0. The molecule has 0 atom stereocenters. The fourth-order valence-electron chi connectivity index (χ4n) is 2.04. The van der Waals surface area contributed by atoms with E-state index in [-0.39, 0.29) is 11.6 Å². The summed E-state index contributed by atoms with van der Waals surface area (Å²) in [6, 6.07) is 10.4. The lowest BCUT2D eigenvalue weighted by molar-refractivity contribution is 0.0947. The van der Waals surface area contributed by atoms with Crippen LogP contribution in [-0.4, -0.2) is 24.3 Å².